The van der Waals surface area contributed by atoms with Gasteiger partial charge in [0.25, 0.3) is 0 Å². The molecule has 3 atom stereocenters. The minimum atomic E-state index is -0.563. The van der Waals surface area contributed by atoms with Crippen LogP contribution in [-0.4, -0.2) is 27.9 Å². The number of aliphatic hydroxyl groups is 1. The van der Waals surface area contributed by atoms with Gasteiger partial charge in [-0.25, -0.2) is 0 Å². The summed E-state index contributed by atoms with van der Waals surface area (Å²) in [6, 6.07) is 17.9. The molecule has 4 N–H and O–H groups in total. The van der Waals surface area contributed by atoms with Gasteiger partial charge in [0.15, 0.2) is 0 Å². The highest BCUT2D eigenvalue weighted by Gasteiger charge is 2.24. The fourth-order valence-electron chi connectivity index (χ4n) is 3.01. The smallest absolute Gasteiger partial charge is 0.0801 e. The number of aliphatic hydroxyl groups excluding tert-OH is 1. The van der Waals surface area contributed by atoms with Crippen LogP contribution >= 0.6 is 35.7 Å². The molecule has 0 bridgehead atoms. The van der Waals surface area contributed by atoms with E-state index < -0.39 is 6.10 Å². The number of pyridine rings is 1. The average Bonchev–Trinajstić information content (AvgIpc) is 3.20. The Kier molecular flexibility index (Phi) is 9.12. The van der Waals surface area contributed by atoms with Gasteiger partial charge in [0, 0.05) is 46.9 Å². The molecule has 0 saturated heterocycles. The van der Waals surface area contributed by atoms with Gasteiger partial charge < -0.3 is 16.2 Å². The predicted molar refractivity (Wildman–Crippen MR) is 134 cm³/mol. The van der Waals surface area contributed by atoms with Gasteiger partial charge in [-0.3, -0.25) is 4.98 Å². The van der Waals surface area contributed by atoms with E-state index in [1.807, 2.05) is 30.4 Å². The van der Waals surface area contributed by atoms with Crippen molar-refractivity contribution >= 4 is 41.4 Å². The summed E-state index contributed by atoms with van der Waals surface area (Å²) in [5.74, 6) is -0.132. The molecule has 160 valence electrons. The van der Waals surface area contributed by atoms with Gasteiger partial charge in [-0.15, -0.1) is 24.0 Å². The summed E-state index contributed by atoms with van der Waals surface area (Å²) in [6.07, 6.45) is 10.5. The number of nitrogens with two attached hydrogens (primary N) is 1. The molecule has 0 amide bonds. The summed E-state index contributed by atoms with van der Waals surface area (Å²) in [5.41, 5.74) is 7.30. The Bertz CT molecular complexity index is 1020. The van der Waals surface area contributed by atoms with Crippen LogP contribution in [0.1, 0.15) is 12.0 Å². The molecule has 3 aromatic rings. The molecule has 31 heavy (non-hydrogen) atoms. The van der Waals surface area contributed by atoms with Crippen molar-refractivity contribution in [1.82, 2.24) is 4.98 Å². The van der Waals surface area contributed by atoms with Crippen LogP contribution in [0, 0.1) is 11.3 Å². The van der Waals surface area contributed by atoms with Crippen molar-refractivity contribution in [1.29, 1.82) is 5.41 Å². The molecule has 0 aliphatic heterocycles. The molecule has 0 spiro atoms. The Labute approximate surface area is 196 Å². The number of benzene rings is 1. The average molecular weight is 468 g/mol. The van der Waals surface area contributed by atoms with Gasteiger partial charge >= 0.3 is 0 Å². The molecule has 2 heterocycles. The third-order valence-corrected chi connectivity index (χ3v) is 7.07. The highest BCUT2D eigenvalue weighted by molar-refractivity contribution is 8.01. The molecule has 2 aromatic heterocycles. The van der Waals surface area contributed by atoms with Crippen molar-refractivity contribution in [2.24, 2.45) is 11.7 Å². The Balaban J connectivity index is 0.000000185. The third-order valence-electron chi connectivity index (χ3n) is 4.62. The molecule has 7 heteroatoms. The zero-order valence-corrected chi connectivity index (χ0v) is 19.4. The van der Waals surface area contributed by atoms with Gasteiger partial charge in [-0.2, -0.15) is 0 Å². The zero-order valence-electron chi connectivity index (χ0n) is 16.8. The van der Waals surface area contributed by atoms with Crippen molar-refractivity contribution in [2.75, 3.05) is 0 Å². The molecule has 0 fully saturated rings. The van der Waals surface area contributed by atoms with Gasteiger partial charge in [0.05, 0.1) is 14.5 Å². The fraction of sp³-hybridized carbons (Fsp3) is 0.167. The predicted octanol–water partition coefficient (Wildman–Crippen LogP) is 5.46. The Morgan fingerprint density at radius 1 is 1.13 bits per heavy atom. The lowest BCUT2D eigenvalue weighted by Crippen LogP contribution is -2.38. The number of hydrogen-bond donors (Lipinski definition) is 4. The van der Waals surface area contributed by atoms with Crippen LogP contribution in [0.15, 0.2) is 105 Å². The molecular formula is C24H25N3OS3. The minimum Gasteiger partial charge on any atom is -0.388 e. The van der Waals surface area contributed by atoms with Crippen LogP contribution in [0.3, 0.4) is 0 Å². The summed E-state index contributed by atoms with van der Waals surface area (Å²) < 4.78 is 2.36. The second-order valence-corrected chi connectivity index (χ2v) is 10.2. The van der Waals surface area contributed by atoms with Crippen LogP contribution in [0.5, 0.6) is 0 Å². The summed E-state index contributed by atoms with van der Waals surface area (Å²) >= 11 is 7.76. The second-order valence-electron chi connectivity index (χ2n) is 6.93. The van der Waals surface area contributed by atoms with E-state index in [1.54, 1.807) is 53.7 Å². The van der Waals surface area contributed by atoms with Crippen LogP contribution in [-0.2, 0) is 0 Å². The molecule has 4 rings (SSSR count). The quantitative estimate of drug-likeness (QED) is 0.287. The van der Waals surface area contributed by atoms with E-state index in [0.717, 1.165) is 9.77 Å². The lowest BCUT2D eigenvalue weighted by molar-refractivity contribution is 0.161. The summed E-state index contributed by atoms with van der Waals surface area (Å²) in [5, 5.41) is 17.8. The first-order valence-corrected chi connectivity index (χ1v) is 11.9. The molecule has 4 nitrogen and oxygen atoms in total. The van der Waals surface area contributed by atoms with Crippen LogP contribution in [0.4, 0.5) is 0 Å². The van der Waals surface area contributed by atoms with E-state index in [2.05, 4.69) is 47.9 Å². The number of rotatable bonds is 6. The van der Waals surface area contributed by atoms with E-state index in [9.17, 15) is 5.11 Å². The normalized spacial score (nSPS) is 18.2. The number of allylic oxidation sites excluding steroid dienone is 2. The summed E-state index contributed by atoms with van der Waals surface area (Å²) in [4.78, 5) is 5.26. The summed E-state index contributed by atoms with van der Waals surface area (Å²) in [7, 11) is 0. The molecule has 0 saturated carbocycles. The molecule has 3 unspecified atom stereocenters. The largest absolute Gasteiger partial charge is 0.388 e. The molecule has 0 radical (unpaired) electrons. The highest BCUT2D eigenvalue weighted by Crippen LogP contribution is 2.34. The number of thiol groups is 1. The van der Waals surface area contributed by atoms with Crippen molar-refractivity contribution in [3.05, 3.63) is 96.9 Å². The maximum atomic E-state index is 9.82. The van der Waals surface area contributed by atoms with Crippen molar-refractivity contribution in [3.63, 3.8) is 0 Å². The fourth-order valence-corrected chi connectivity index (χ4v) is 5.43. The zero-order chi connectivity index (χ0) is 22.1. The first-order chi connectivity index (χ1) is 15.0. The van der Waals surface area contributed by atoms with Gasteiger partial charge in [0.1, 0.15) is 0 Å². The maximum absolute atomic E-state index is 9.82. The lowest BCUT2D eigenvalue weighted by atomic mass is 9.87. The van der Waals surface area contributed by atoms with E-state index in [1.165, 1.54) is 9.10 Å². The molecule has 1 aliphatic carbocycles. The van der Waals surface area contributed by atoms with Crippen molar-refractivity contribution in [2.45, 2.75) is 31.9 Å². The van der Waals surface area contributed by atoms with Crippen molar-refractivity contribution in [3.8, 4) is 0 Å². The number of aromatic nitrogens is 1. The Morgan fingerprint density at radius 2 is 1.90 bits per heavy atom. The van der Waals surface area contributed by atoms with Crippen LogP contribution in [0.25, 0.3) is 0 Å². The maximum Gasteiger partial charge on any atom is 0.0801 e. The second kappa shape index (κ2) is 12.0. The van der Waals surface area contributed by atoms with E-state index >= 15 is 0 Å². The molecular weight excluding hydrogens is 442 g/mol. The molecule has 1 aromatic carbocycles. The summed E-state index contributed by atoms with van der Waals surface area (Å²) in [6.45, 7) is 0. The minimum absolute atomic E-state index is 0.132. The third kappa shape index (κ3) is 7.48. The number of nitrogens with one attached hydrogen (secondary N) is 1. The highest BCUT2D eigenvalue weighted by atomic mass is 32.2. The van der Waals surface area contributed by atoms with Crippen LogP contribution in [0.2, 0.25) is 0 Å². The van der Waals surface area contributed by atoms with E-state index in [4.69, 9.17) is 11.1 Å². The number of nitrogens with zero attached hydrogens (tertiary/aromatic N) is 1. The first-order valence-electron chi connectivity index (χ1n) is 9.81. The Hall–Kier alpha value is -2.16. The molecule has 1 aliphatic rings. The van der Waals surface area contributed by atoms with E-state index in [-0.39, 0.29) is 12.0 Å². The van der Waals surface area contributed by atoms with E-state index in [0.29, 0.717) is 12.1 Å². The monoisotopic (exact) mass is 467 g/mol. The SMILES string of the molecule is N=C(CC(N)C1C=CC=CC1O)c1cccnc1.Sc1ccc(Sc2ccccc2)s1. The van der Waals surface area contributed by atoms with Crippen LogP contribution < -0.4 is 5.73 Å². The topological polar surface area (TPSA) is 83.0 Å². The lowest BCUT2D eigenvalue weighted by Gasteiger charge is -2.25. The van der Waals surface area contributed by atoms with Gasteiger partial charge in [-0.1, -0.05) is 60.3 Å². The first kappa shape index (κ1) is 23.5. The number of hydrogen-bond acceptors (Lipinski definition) is 7. The number of thiophene rings is 1. The standard InChI is InChI=1S/C14H17N3O.C10H8S3/c15-12(10-4-3-7-17-9-10)8-13(16)11-5-1-2-6-14(11)18;11-9-6-7-10(13-9)12-8-4-2-1-3-5-8/h1-7,9,11,13-15,18H,8,16H2;1-7,11H. The Morgan fingerprint density at radius 3 is 2.55 bits per heavy atom. The van der Waals surface area contributed by atoms with Gasteiger partial charge in [0.2, 0.25) is 0 Å². The van der Waals surface area contributed by atoms with Gasteiger partial charge in [-0.05, 0) is 30.3 Å². The van der Waals surface area contributed by atoms with Crippen molar-refractivity contribution < 1.29 is 5.11 Å².